The summed E-state index contributed by atoms with van der Waals surface area (Å²) in [5.74, 6) is 0.355. The van der Waals surface area contributed by atoms with Gasteiger partial charge >= 0.3 is 0 Å². The molecule has 3 rings (SSSR count). The maximum absolute atomic E-state index is 12.1. The zero-order chi connectivity index (χ0) is 14.5. The minimum Gasteiger partial charge on any atom is -0.381 e. The first-order valence-corrected chi connectivity index (χ1v) is 7.94. The third-order valence-electron chi connectivity index (χ3n) is 3.59. The zero-order valence-corrected chi connectivity index (χ0v) is 12.6. The van der Waals surface area contributed by atoms with Gasteiger partial charge in [0.15, 0.2) is 0 Å². The predicted octanol–water partition coefficient (Wildman–Crippen LogP) is 2.50. The summed E-state index contributed by atoms with van der Waals surface area (Å²) in [6.07, 6.45) is 1.85. The number of nitrogens with one attached hydrogen (secondary N) is 1. The minimum absolute atomic E-state index is 0.0857. The number of rotatable bonds is 5. The largest absolute Gasteiger partial charge is 0.381 e. The lowest BCUT2D eigenvalue weighted by Crippen LogP contribution is -2.29. The van der Waals surface area contributed by atoms with E-state index in [9.17, 15) is 4.79 Å². The summed E-state index contributed by atoms with van der Waals surface area (Å²) in [5.41, 5.74) is 1.75. The van der Waals surface area contributed by atoms with E-state index in [0.717, 1.165) is 30.9 Å². The predicted molar refractivity (Wildman–Crippen MR) is 82.6 cm³/mol. The number of carbonyl (C=O) groups is 1. The van der Waals surface area contributed by atoms with Crippen molar-refractivity contribution in [1.29, 1.82) is 0 Å². The number of hydrogen-bond donors (Lipinski definition) is 1. The first-order valence-electron chi connectivity index (χ1n) is 7.17. The first kappa shape index (κ1) is 14.2. The Morgan fingerprint density at radius 3 is 3.00 bits per heavy atom. The Morgan fingerprint density at radius 2 is 2.24 bits per heavy atom. The molecule has 1 aromatic carbocycles. The van der Waals surface area contributed by atoms with Crippen LogP contribution in [0.2, 0.25) is 0 Å². The van der Waals surface area contributed by atoms with Crippen molar-refractivity contribution in [1.82, 2.24) is 9.69 Å². The average molecular weight is 302 g/mol. The lowest BCUT2D eigenvalue weighted by Gasteiger charge is -2.07. The summed E-state index contributed by atoms with van der Waals surface area (Å²) in [4.78, 5) is 13.2. The Bertz CT molecular complexity index is 591. The van der Waals surface area contributed by atoms with E-state index in [1.165, 1.54) is 17.1 Å². The molecule has 1 amide bonds. The molecule has 1 aliphatic rings. The van der Waals surface area contributed by atoms with Crippen molar-refractivity contribution < 1.29 is 9.53 Å². The van der Waals surface area contributed by atoms with Crippen LogP contribution in [-0.4, -0.2) is 30.0 Å². The van der Waals surface area contributed by atoms with Crippen LogP contribution in [0.4, 0.5) is 0 Å². The van der Waals surface area contributed by atoms with Crippen LogP contribution >= 0.6 is 11.5 Å². The van der Waals surface area contributed by atoms with Gasteiger partial charge in [-0.2, -0.15) is 4.37 Å². The molecular formula is C16H18N2O2S. The first-order chi connectivity index (χ1) is 10.3. The number of nitrogens with zero attached hydrogens (tertiary/aromatic N) is 1. The van der Waals surface area contributed by atoms with E-state index in [1.807, 2.05) is 24.3 Å². The van der Waals surface area contributed by atoms with Crippen molar-refractivity contribution in [2.45, 2.75) is 12.8 Å². The molecule has 2 heterocycles. The number of aromatic nitrogens is 1. The number of benzene rings is 1. The molecule has 0 saturated carbocycles. The fraction of sp³-hybridized carbons (Fsp3) is 0.375. The normalized spacial score (nSPS) is 17.8. The van der Waals surface area contributed by atoms with Crippen molar-refractivity contribution >= 4 is 17.4 Å². The van der Waals surface area contributed by atoms with Crippen LogP contribution in [0, 0.1) is 5.92 Å². The summed E-state index contributed by atoms with van der Waals surface area (Å²) >= 11 is 1.40. The highest BCUT2D eigenvalue weighted by atomic mass is 32.1. The molecule has 1 N–H and O–H groups in total. The molecule has 2 aromatic rings. The van der Waals surface area contributed by atoms with E-state index in [2.05, 4.69) is 21.8 Å². The Morgan fingerprint density at radius 1 is 1.38 bits per heavy atom. The Labute approximate surface area is 128 Å². The quantitative estimate of drug-likeness (QED) is 0.923. The molecule has 1 aromatic heterocycles. The highest BCUT2D eigenvalue weighted by Crippen LogP contribution is 2.16. The molecule has 110 valence electrons. The molecule has 5 heteroatoms. The molecule has 4 nitrogen and oxygen atoms in total. The van der Waals surface area contributed by atoms with Crippen molar-refractivity contribution in [3.63, 3.8) is 0 Å². The Balaban J connectivity index is 1.55. The lowest BCUT2D eigenvalue weighted by atomic mass is 10.1. The maximum atomic E-state index is 12.1. The Hall–Kier alpha value is -1.72. The van der Waals surface area contributed by atoms with Crippen LogP contribution in [0.5, 0.6) is 0 Å². The van der Waals surface area contributed by atoms with Gasteiger partial charge in [0.2, 0.25) is 0 Å². The molecule has 1 unspecified atom stereocenters. The van der Waals surface area contributed by atoms with Crippen molar-refractivity contribution in [3.05, 3.63) is 52.5 Å². The van der Waals surface area contributed by atoms with Crippen molar-refractivity contribution in [2.24, 2.45) is 5.92 Å². The smallest absolute Gasteiger partial charge is 0.271 e. The second-order valence-electron chi connectivity index (χ2n) is 5.28. The van der Waals surface area contributed by atoms with Gasteiger partial charge in [-0.15, -0.1) is 0 Å². The van der Waals surface area contributed by atoms with Gasteiger partial charge in [-0.1, -0.05) is 30.3 Å². The van der Waals surface area contributed by atoms with Crippen LogP contribution in [-0.2, 0) is 11.2 Å². The molecule has 0 spiro atoms. The van der Waals surface area contributed by atoms with Gasteiger partial charge in [-0.05, 0) is 29.6 Å². The van der Waals surface area contributed by atoms with Gasteiger partial charge in [-0.3, -0.25) is 4.79 Å². The van der Waals surface area contributed by atoms with Gasteiger partial charge in [0.1, 0.15) is 5.69 Å². The summed E-state index contributed by atoms with van der Waals surface area (Å²) in [7, 11) is 0. The van der Waals surface area contributed by atoms with Gasteiger partial charge in [0, 0.05) is 30.4 Å². The fourth-order valence-electron chi connectivity index (χ4n) is 2.37. The topological polar surface area (TPSA) is 51.2 Å². The molecule has 1 fully saturated rings. The van der Waals surface area contributed by atoms with E-state index in [-0.39, 0.29) is 5.91 Å². The highest BCUT2D eigenvalue weighted by Gasteiger charge is 2.18. The second-order valence-corrected chi connectivity index (χ2v) is 6.17. The molecule has 0 radical (unpaired) electrons. The Kier molecular flexibility index (Phi) is 4.62. The number of hydrogen-bond acceptors (Lipinski definition) is 4. The monoisotopic (exact) mass is 302 g/mol. The van der Waals surface area contributed by atoms with E-state index in [4.69, 9.17) is 4.74 Å². The fourth-order valence-corrected chi connectivity index (χ4v) is 3.12. The highest BCUT2D eigenvalue weighted by molar-refractivity contribution is 7.06. The second kappa shape index (κ2) is 6.83. The van der Waals surface area contributed by atoms with Crippen LogP contribution in [0.15, 0.2) is 36.4 Å². The van der Waals surface area contributed by atoms with Crippen LogP contribution < -0.4 is 5.32 Å². The van der Waals surface area contributed by atoms with Gasteiger partial charge in [0.05, 0.1) is 6.61 Å². The molecule has 1 saturated heterocycles. The van der Waals surface area contributed by atoms with Crippen LogP contribution in [0.3, 0.4) is 0 Å². The third kappa shape index (κ3) is 3.89. The third-order valence-corrected chi connectivity index (χ3v) is 4.37. The molecule has 21 heavy (non-hydrogen) atoms. The summed E-state index contributed by atoms with van der Waals surface area (Å²) < 4.78 is 9.56. The van der Waals surface area contributed by atoms with Crippen molar-refractivity contribution in [2.75, 3.05) is 19.8 Å². The lowest BCUT2D eigenvalue weighted by molar-refractivity contribution is 0.0941. The molecular weight excluding hydrogens is 284 g/mol. The SMILES string of the molecule is O=C(NCC1CCOC1)c1cc(Cc2ccccc2)sn1. The average Bonchev–Trinajstić information content (AvgIpc) is 3.17. The molecule has 0 aliphatic carbocycles. The minimum atomic E-state index is -0.0857. The summed E-state index contributed by atoms with van der Waals surface area (Å²) in [5, 5.41) is 2.94. The van der Waals surface area contributed by atoms with Crippen LogP contribution in [0.25, 0.3) is 0 Å². The van der Waals surface area contributed by atoms with E-state index in [0.29, 0.717) is 18.2 Å². The molecule has 1 atom stereocenters. The van der Waals surface area contributed by atoms with Crippen LogP contribution in [0.1, 0.15) is 27.3 Å². The van der Waals surface area contributed by atoms with E-state index >= 15 is 0 Å². The standard InChI is InChI=1S/C16H18N2O2S/c19-16(17-10-13-6-7-20-11-13)15-9-14(21-18-15)8-12-4-2-1-3-5-12/h1-5,9,13H,6-8,10-11H2,(H,17,19). The molecule has 0 bridgehead atoms. The van der Waals surface area contributed by atoms with Gasteiger partial charge in [-0.25, -0.2) is 0 Å². The van der Waals surface area contributed by atoms with E-state index in [1.54, 1.807) is 0 Å². The summed E-state index contributed by atoms with van der Waals surface area (Å²) in [6, 6.07) is 12.1. The maximum Gasteiger partial charge on any atom is 0.271 e. The number of carbonyl (C=O) groups excluding carboxylic acids is 1. The number of ether oxygens (including phenoxy) is 1. The summed E-state index contributed by atoms with van der Waals surface area (Å²) in [6.45, 7) is 2.22. The van der Waals surface area contributed by atoms with Crippen molar-refractivity contribution in [3.8, 4) is 0 Å². The zero-order valence-electron chi connectivity index (χ0n) is 11.7. The van der Waals surface area contributed by atoms with Gasteiger partial charge in [0.25, 0.3) is 5.91 Å². The van der Waals surface area contributed by atoms with E-state index < -0.39 is 0 Å². The van der Waals surface area contributed by atoms with Gasteiger partial charge < -0.3 is 10.1 Å². The molecule has 1 aliphatic heterocycles. The number of amides is 1.